The summed E-state index contributed by atoms with van der Waals surface area (Å²) in [4.78, 5) is 7.86. The lowest BCUT2D eigenvalue weighted by Crippen LogP contribution is -2.23. The minimum Gasteiger partial charge on any atom is -0.346 e. The molecule has 2 aromatic heterocycles. The highest BCUT2D eigenvalue weighted by Crippen LogP contribution is 2.33. The number of sulfonamides is 1. The van der Waals surface area contributed by atoms with Crippen LogP contribution in [-0.2, 0) is 23.0 Å². The number of aromatic nitrogens is 2. The summed E-state index contributed by atoms with van der Waals surface area (Å²) in [5.41, 5.74) is 8.22. The van der Waals surface area contributed by atoms with Gasteiger partial charge in [-0.15, -0.1) is 0 Å². The zero-order valence-corrected chi connectivity index (χ0v) is 17.4. The minimum absolute atomic E-state index is 0.534. The van der Waals surface area contributed by atoms with E-state index in [1.165, 1.54) is 11.1 Å². The van der Waals surface area contributed by atoms with E-state index in [9.17, 15) is 8.42 Å². The Morgan fingerprint density at radius 3 is 2.77 bits per heavy atom. The molecule has 0 aliphatic carbocycles. The molecule has 0 fully saturated rings. The molecule has 0 atom stereocenters. The molecule has 0 saturated heterocycles. The Labute approximate surface area is 175 Å². The van der Waals surface area contributed by atoms with Gasteiger partial charge in [0.2, 0.25) is 10.0 Å². The molecule has 2 aromatic carbocycles. The Morgan fingerprint density at radius 2 is 1.90 bits per heavy atom. The average molecular weight is 419 g/mol. The quantitative estimate of drug-likeness (QED) is 0.469. The van der Waals surface area contributed by atoms with Crippen LogP contribution in [0.3, 0.4) is 0 Å². The van der Waals surface area contributed by atoms with Crippen LogP contribution in [0.2, 0.25) is 0 Å². The Bertz CT molecular complexity index is 1360. The lowest BCUT2D eigenvalue weighted by atomic mass is 9.95. The van der Waals surface area contributed by atoms with E-state index in [1.54, 1.807) is 12.3 Å². The van der Waals surface area contributed by atoms with E-state index in [4.69, 9.17) is 0 Å². The number of nitrogens with zero attached hydrogens (tertiary/aromatic N) is 1. The van der Waals surface area contributed by atoms with Crippen molar-refractivity contribution in [3.63, 3.8) is 0 Å². The first-order valence-electron chi connectivity index (χ1n) is 9.84. The number of aromatic amines is 1. The Balaban J connectivity index is 1.56. The van der Waals surface area contributed by atoms with Crippen LogP contribution in [0.25, 0.3) is 33.3 Å². The van der Waals surface area contributed by atoms with E-state index in [1.807, 2.05) is 24.4 Å². The van der Waals surface area contributed by atoms with E-state index in [2.05, 4.69) is 44.3 Å². The molecule has 152 valence electrons. The van der Waals surface area contributed by atoms with Crippen molar-refractivity contribution in [2.45, 2.75) is 13.0 Å². The van der Waals surface area contributed by atoms with Gasteiger partial charge in [0.15, 0.2) is 0 Å². The largest absolute Gasteiger partial charge is 0.346 e. The topological polar surface area (TPSA) is 86.9 Å². The van der Waals surface area contributed by atoms with Crippen LogP contribution in [0.1, 0.15) is 11.1 Å². The predicted octanol–water partition coefficient (Wildman–Crippen LogP) is 3.91. The molecule has 0 spiro atoms. The smallest absolute Gasteiger partial charge is 0.229 e. The molecular weight excluding hydrogens is 396 g/mol. The third-order valence-electron chi connectivity index (χ3n) is 5.43. The highest BCUT2D eigenvalue weighted by atomic mass is 32.2. The molecule has 0 amide bonds. The average Bonchev–Trinajstić information content (AvgIpc) is 3.15. The van der Waals surface area contributed by atoms with Crippen molar-refractivity contribution in [2.75, 3.05) is 17.5 Å². The van der Waals surface area contributed by atoms with Crippen LogP contribution >= 0.6 is 0 Å². The molecule has 0 radical (unpaired) electrons. The van der Waals surface area contributed by atoms with Crippen molar-refractivity contribution in [1.82, 2.24) is 15.3 Å². The summed E-state index contributed by atoms with van der Waals surface area (Å²) in [6, 6.07) is 16.1. The lowest BCUT2D eigenvalue weighted by Gasteiger charge is -2.17. The first-order valence-corrected chi connectivity index (χ1v) is 11.7. The molecule has 5 rings (SSSR count). The molecule has 0 bridgehead atoms. The number of pyridine rings is 1. The van der Waals surface area contributed by atoms with Gasteiger partial charge in [0, 0.05) is 41.1 Å². The molecular formula is C23H22N4O2S. The number of hydrogen-bond acceptors (Lipinski definition) is 4. The van der Waals surface area contributed by atoms with Crippen molar-refractivity contribution in [2.24, 2.45) is 0 Å². The highest BCUT2D eigenvalue weighted by molar-refractivity contribution is 7.92. The summed E-state index contributed by atoms with van der Waals surface area (Å²) in [5.74, 6) is 0. The predicted molar refractivity (Wildman–Crippen MR) is 121 cm³/mol. The van der Waals surface area contributed by atoms with Crippen LogP contribution in [0.4, 0.5) is 5.69 Å². The van der Waals surface area contributed by atoms with Crippen LogP contribution in [0.15, 0.2) is 60.9 Å². The summed E-state index contributed by atoms with van der Waals surface area (Å²) < 4.78 is 25.6. The summed E-state index contributed by atoms with van der Waals surface area (Å²) in [6.45, 7) is 1.93. The third-order valence-corrected chi connectivity index (χ3v) is 6.04. The Morgan fingerprint density at radius 1 is 1.00 bits per heavy atom. The zero-order chi connectivity index (χ0) is 20.7. The lowest BCUT2D eigenvalue weighted by molar-refractivity contribution is 0.607. The molecule has 3 heterocycles. The molecule has 30 heavy (non-hydrogen) atoms. The first kappa shape index (κ1) is 18.8. The Kier molecular flexibility index (Phi) is 4.56. The molecule has 6 nitrogen and oxygen atoms in total. The maximum absolute atomic E-state index is 11.6. The first-order chi connectivity index (χ1) is 14.5. The number of H-pyrrole nitrogens is 1. The molecule has 0 saturated carbocycles. The van der Waals surface area contributed by atoms with Crippen LogP contribution in [-0.4, -0.2) is 31.2 Å². The molecule has 4 aromatic rings. The maximum atomic E-state index is 11.6. The second-order valence-corrected chi connectivity index (χ2v) is 9.44. The monoisotopic (exact) mass is 418 g/mol. The van der Waals surface area contributed by atoms with Gasteiger partial charge in [0.25, 0.3) is 0 Å². The van der Waals surface area contributed by atoms with Crippen LogP contribution in [0, 0.1) is 0 Å². The van der Waals surface area contributed by atoms with Gasteiger partial charge < -0.3 is 10.3 Å². The number of anilines is 1. The van der Waals surface area contributed by atoms with E-state index in [0.29, 0.717) is 5.69 Å². The SMILES string of the molecule is CS(=O)(=O)Nc1cccc(-c2cnc3[nH]cc(-c4ccc5c(c4)CNCC5)c3c2)c1. The maximum Gasteiger partial charge on any atom is 0.229 e. The zero-order valence-electron chi connectivity index (χ0n) is 16.6. The molecule has 3 N–H and O–H groups in total. The number of benzene rings is 2. The molecule has 0 unspecified atom stereocenters. The van der Waals surface area contributed by atoms with E-state index in [-0.39, 0.29) is 0 Å². The van der Waals surface area contributed by atoms with E-state index >= 15 is 0 Å². The van der Waals surface area contributed by atoms with Gasteiger partial charge in [-0.2, -0.15) is 0 Å². The fourth-order valence-electron chi connectivity index (χ4n) is 4.02. The molecule has 7 heteroatoms. The second-order valence-electron chi connectivity index (χ2n) is 7.69. The van der Waals surface area contributed by atoms with E-state index in [0.717, 1.165) is 59.1 Å². The minimum atomic E-state index is -3.33. The van der Waals surface area contributed by atoms with Crippen molar-refractivity contribution < 1.29 is 8.42 Å². The van der Waals surface area contributed by atoms with Crippen LogP contribution in [0.5, 0.6) is 0 Å². The van der Waals surface area contributed by atoms with Crippen molar-refractivity contribution in [3.05, 3.63) is 72.1 Å². The van der Waals surface area contributed by atoms with Gasteiger partial charge in [0.1, 0.15) is 5.65 Å². The number of fused-ring (bicyclic) bond motifs is 2. The van der Waals surface area contributed by atoms with Gasteiger partial charge in [-0.25, -0.2) is 13.4 Å². The van der Waals surface area contributed by atoms with Gasteiger partial charge in [-0.05, 0) is 59.5 Å². The number of rotatable bonds is 4. The van der Waals surface area contributed by atoms with E-state index < -0.39 is 10.0 Å². The Hall–Kier alpha value is -3.16. The van der Waals surface area contributed by atoms with Gasteiger partial charge in [-0.1, -0.05) is 24.3 Å². The second kappa shape index (κ2) is 7.27. The van der Waals surface area contributed by atoms with Crippen molar-refractivity contribution in [1.29, 1.82) is 0 Å². The number of hydrogen-bond donors (Lipinski definition) is 3. The molecule has 1 aliphatic rings. The van der Waals surface area contributed by atoms with Gasteiger partial charge in [-0.3, -0.25) is 4.72 Å². The van der Waals surface area contributed by atoms with Crippen molar-refractivity contribution >= 4 is 26.7 Å². The van der Waals surface area contributed by atoms with Crippen molar-refractivity contribution in [3.8, 4) is 22.3 Å². The summed E-state index contributed by atoms with van der Waals surface area (Å²) in [7, 11) is -3.33. The fourth-order valence-corrected chi connectivity index (χ4v) is 4.58. The third kappa shape index (κ3) is 3.69. The summed E-state index contributed by atoms with van der Waals surface area (Å²) in [5, 5.41) is 4.47. The van der Waals surface area contributed by atoms with Gasteiger partial charge in [0.05, 0.1) is 6.26 Å². The summed E-state index contributed by atoms with van der Waals surface area (Å²) >= 11 is 0. The summed E-state index contributed by atoms with van der Waals surface area (Å²) in [6.07, 6.45) is 6.01. The normalized spacial score (nSPS) is 13.9. The number of nitrogens with one attached hydrogen (secondary N) is 3. The standard InChI is InChI=1S/C23H22N4O2S/c1-30(28,29)27-20-4-2-3-16(10-20)19-11-21-22(14-26-23(21)25-13-19)17-6-5-15-7-8-24-12-18(15)9-17/h2-6,9-11,13-14,24,27H,7-8,12H2,1H3,(H,25,26). The van der Waals surface area contributed by atoms with Crippen LogP contribution < -0.4 is 10.0 Å². The fraction of sp³-hybridized carbons (Fsp3) is 0.174. The highest BCUT2D eigenvalue weighted by Gasteiger charge is 2.13. The van der Waals surface area contributed by atoms with Gasteiger partial charge >= 0.3 is 0 Å². The molecule has 1 aliphatic heterocycles.